The largest absolute Gasteiger partial charge is 0.388 e. The summed E-state index contributed by atoms with van der Waals surface area (Å²) in [5.74, 6) is 0. The van der Waals surface area contributed by atoms with E-state index in [2.05, 4.69) is 10.6 Å². The van der Waals surface area contributed by atoms with Gasteiger partial charge in [0.1, 0.15) is 0 Å². The third-order valence-corrected chi connectivity index (χ3v) is 3.52. The highest BCUT2D eigenvalue weighted by Crippen LogP contribution is 2.26. The van der Waals surface area contributed by atoms with Crippen molar-refractivity contribution >= 4 is 6.03 Å². The van der Waals surface area contributed by atoms with Crippen molar-refractivity contribution in [1.82, 2.24) is 10.6 Å². The van der Waals surface area contributed by atoms with E-state index in [4.69, 9.17) is 0 Å². The molecule has 0 aromatic carbocycles. The molecule has 2 saturated carbocycles. The van der Waals surface area contributed by atoms with Crippen LogP contribution in [0.2, 0.25) is 0 Å². The number of carbonyl (C=O) groups excluding carboxylic acids is 1. The summed E-state index contributed by atoms with van der Waals surface area (Å²) >= 11 is 0. The van der Waals surface area contributed by atoms with Crippen LogP contribution in [0.25, 0.3) is 0 Å². The van der Waals surface area contributed by atoms with Crippen molar-refractivity contribution in [3.05, 3.63) is 0 Å². The Balaban J connectivity index is 1.71. The molecule has 0 aromatic heterocycles. The molecule has 4 heteroatoms. The molecule has 92 valence electrons. The highest BCUT2D eigenvalue weighted by atomic mass is 16.3. The Morgan fingerprint density at radius 1 is 1.19 bits per heavy atom. The molecule has 3 N–H and O–H groups in total. The van der Waals surface area contributed by atoms with Crippen molar-refractivity contribution in [3.63, 3.8) is 0 Å². The van der Waals surface area contributed by atoms with Crippen molar-refractivity contribution in [1.29, 1.82) is 0 Å². The lowest BCUT2D eigenvalue weighted by Gasteiger charge is -2.26. The van der Waals surface area contributed by atoms with Gasteiger partial charge in [-0.3, -0.25) is 0 Å². The maximum Gasteiger partial charge on any atom is 0.315 e. The lowest BCUT2D eigenvalue weighted by Crippen LogP contribution is -2.46. The lowest BCUT2D eigenvalue weighted by atomic mass is 9.95. The van der Waals surface area contributed by atoms with Gasteiger partial charge in [-0.05, 0) is 25.7 Å². The van der Waals surface area contributed by atoms with E-state index in [0.717, 1.165) is 38.5 Å². The molecule has 0 aromatic rings. The van der Waals surface area contributed by atoms with Crippen LogP contribution < -0.4 is 10.6 Å². The van der Waals surface area contributed by atoms with Gasteiger partial charge in [0, 0.05) is 12.6 Å². The van der Waals surface area contributed by atoms with E-state index in [-0.39, 0.29) is 6.03 Å². The second-order valence-corrected chi connectivity index (χ2v) is 5.24. The van der Waals surface area contributed by atoms with Crippen molar-refractivity contribution in [2.24, 2.45) is 0 Å². The van der Waals surface area contributed by atoms with Crippen LogP contribution in [-0.4, -0.2) is 29.3 Å². The van der Waals surface area contributed by atoms with E-state index in [1.54, 1.807) is 0 Å². The highest BCUT2D eigenvalue weighted by molar-refractivity contribution is 5.74. The van der Waals surface area contributed by atoms with Crippen molar-refractivity contribution in [2.75, 3.05) is 6.54 Å². The number of carbonyl (C=O) groups is 1. The standard InChI is InChI=1S/C12H22N2O2/c15-11(14-10-5-6-10)13-9-12(16)7-3-1-2-4-8-12/h10,16H,1-9H2,(H2,13,14,15). The molecular weight excluding hydrogens is 204 g/mol. The second kappa shape index (κ2) is 5.04. The quantitative estimate of drug-likeness (QED) is 0.639. The number of rotatable bonds is 3. The molecule has 16 heavy (non-hydrogen) atoms. The van der Waals surface area contributed by atoms with E-state index >= 15 is 0 Å². The minimum absolute atomic E-state index is 0.125. The first kappa shape index (κ1) is 11.7. The van der Waals surface area contributed by atoms with Gasteiger partial charge in [-0.15, -0.1) is 0 Å². The molecule has 0 unspecified atom stereocenters. The van der Waals surface area contributed by atoms with Gasteiger partial charge in [0.25, 0.3) is 0 Å². The molecule has 2 aliphatic rings. The minimum Gasteiger partial charge on any atom is -0.388 e. The average molecular weight is 226 g/mol. The van der Waals surface area contributed by atoms with Gasteiger partial charge in [0.15, 0.2) is 0 Å². The predicted octanol–water partition coefficient (Wildman–Crippen LogP) is 1.53. The molecule has 2 rings (SSSR count). The van der Waals surface area contributed by atoms with Crippen LogP contribution in [-0.2, 0) is 0 Å². The number of urea groups is 1. The van der Waals surface area contributed by atoms with Crippen LogP contribution in [0.1, 0.15) is 51.4 Å². The molecule has 0 radical (unpaired) electrons. The zero-order valence-electron chi connectivity index (χ0n) is 9.80. The Morgan fingerprint density at radius 2 is 1.81 bits per heavy atom. The molecule has 2 amide bonds. The van der Waals surface area contributed by atoms with Crippen LogP contribution in [0.15, 0.2) is 0 Å². The number of hydrogen-bond donors (Lipinski definition) is 3. The molecule has 0 bridgehead atoms. The summed E-state index contributed by atoms with van der Waals surface area (Å²) in [6, 6.07) is 0.254. The summed E-state index contributed by atoms with van der Waals surface area (Å²) in [6.45, 7) is 0.394. The molecule has 0 heterocycles. The molecule has 0 saturated heterocycles. The van der Waals surface area contributed by atoms with Crippen LogP contribution in [0, 0.1) is 0 Å². The average Bonchev–Trinajstić information content (AvgIpc) is 3.05. The topological polar surface area (TPSA) is 61.4 Å². The van der Waals surface area contributed by atoms with E-state index in [9.17, 15) is 9.90 Å². The van der Waals surface area contributed by atoms with E-state index in [1.807, 2.05) is 0 Å². The molecule has 2 fully saturated rings. The Labute approximate surface area is 96.8 Å². The fourth-order valence-electron chi connectivity index (χ4n) is 2.27. The first-order valence-corrected chi connectivity index (χ1v) is 6.45. The fourth-order valence-corrected chi connectivity index (χ4v) is 2.27. The maximum atomic E-state index is 11.4. The number of nitrogens with one attached hydrogen (secondary N) is 2. The molecule has 0 aliphatic heterocycles. The maximum absolute atomic E-state index is 11.4. The first-order chi connectivity index (χ1) is 7.68. The predicted molar refractivity (Wildman–Crippen MR) is 62.2 cm³/mol. The molecular formula is C12H22N2O2. The van der Waals surface area contributed by atoms with Gasteiger partial charge in [0.05, 0.1) is 5.60 Å². The summed E-state index contributed by atoms with van der Waals surface area (Å²) in [5.41, 5.74) is -0.669. The zero-order chi connectivity index (χ0) is 11.4. The van der Waals surface area contributed by atoms with Gasteiger partial charge in [0.2, 0.25) is 0 Å². The van der Waals surface area contributed by atoms with Gasteiger partial charge in [-0.1, -0.05) is 25.7 Å². The Hall–Kier alpha value is -0.770. The Morgan fingerprint density at radius 3 is 2.38 bits per heavy atom. The number of amides is 2. The van der Waals surface area contributed by atoms with E-state index < -0.39 is 5.60 Å². The number of hydrogen-bond acceptors (Lipinski definition) is 2. The van der Waals surface area contributed by atoms with Crippen LogP contribution in [0.5, 0.6) is 0 Å². The van der Waals surface area contributed by atoms with Crippen molar-refractivity contribution in [2.45, 2.75) is 63.0 Å². The molecule has 0 spiro atoms. The van der Waals surface area contributed by atoms with Crippen LogP contribution in [0.4, 0.5) is 4.79 Å². The van der Waals surface area contributed by atoms with E-state index in [1.165, 1.54) is 12.8 Å². The molecule has 2 aliphatic carbocycles. The van der Waals surface area contributed by atoms with Crippen molar-refractivity contribution in [3.8, 4) is 0 Å². The third kappa shape index (κ3) is 3.67. The van der Waals surface area contributed by atoms with Gasteiger partial charge >= 0.3 is 6.03 Å². The normalized spacial score (nSPS) is 24.6. The lowest BCUT2D eigenvalue weighted by molar-refractivity contribution is 0.0276. The van der Waals surface area contributed by atoms with Crippen molar-refractivity contribution < 1.29 is 9.90 Å². The second-order valence-electron chi connectivity index (χ2n) is 5.24. The monoisotopic (exact) mass is 226 g/mol. The summed E-state index contributed by atoms with van der Waals surface area (Å²) < 4.78 is 0. The Kier molecular flexibility index (Phi) is 3.69. The van der Waals surface area contributed by atoms with Gasteiger partial charge < -0.3 is 15.7 Å². The van der Waals surface area contributed by atoms with Crippen LogP contribution in [0.3, 0.4) is 0 Å². The molecule has 0 atom stereocenters. The summed E-state index contributed by atoms with van der Waals surface area (Å²) in [4.78, 5) is 11.4. The number of aliphatic hydroxyl groups is 1. The van der Waals surface area contributed by atoms with Crippen LogP contribution >= 0.6 is 0 Å². The summed E-state index contributed by atoms with van der Waals surface area (Å²) in [6.07, 6.45) is 8.38. The summed E-state index contributed by atoms with van der Waals surface area (Å²) in [7, 11) is 0. The third-order valence-electron chi connectivity index (χ3n) is 3.52. The zero-order valence-corrected chi connectivity index (χ0v) is 9.80. The smallest absolute Gasteiger partial charge is 0.315 e. The fraction of sp³-hybridized carbons (Fsp3) is 0.917. The summed E-state index contributed by atoms with van der Waals surface area (Å²) in [5, 5.41) is 16.0. The molecule has 4 nitrogen and oxygen atoms in total. The first-order valence-electron chi connectivity index (χ1n) is 6.45. The SMILES string of the molecule is O=C(NCC1(O)CCCCCC1)NC1CC1. The van der Waals surface area contributed by atoms with Gasteiger partial charge in [-0.25, -0.2) is 4.79 Å². The van der Waals surface area contributed by atoms with Gasteiger partial charge in [-0.2, -0.15) is 0 Å². The van der Waals surface area contributed by atoms with E-state index in [0.29, 0.717) is 12.6 Å². The Bertz CT molecular complexity index is 243. The minimum atomic E-state index is -0.669. The highest BCUT2D eigenvalue weighted by Gasteiger charge is 2.29.